The van der Waals surface area contributed by atoms with E-state index in [9.17, 15) is 0 Å². The fourth-order valence-electron chi connectivity index (χ4n) is 16.7. The average Bonchev–Trinajstić information content (AvgIpc) is 2.96. The summed E-state index contributed by atoms with van der Waals surface area (Å²) in [5, 5.41) is 0. The van der Waals surface area contributed by atoms with Crippen LogP contribution in [-0.2, 0) is 83.5 Å². The summed E-state index contributed by atoms with van der Waals surface area (Å²) in [6.45, 7) is 0. The summed E-state index contributed by atoms with van der Waals surface area (Å²) in [5.74, 6) is 0. The first-order valence-electron chi connectivity index (χ1n) is 31.5. The number of hydrogen-bond donors (Lipinski definition) is 0. The van der Waals surface area contributed by atoms with E-state index in [-0.39, 0.29) is 0 Å². The number of aryl methyl sites for hydroxylation is 4. The van der Waals surface area contributed by atoms with Crippen LogP contribution in [0.1, 0.15) is 131 Å². The Kier molecular flexibility index (Phi) is 12.1. The molecule has 0 bridgehead atoms. The van der Waals surface area contributed by atoms with Crippen molar-refractivity contribution in [3.05, 3.63) is 324 Å². The van der Waals surface area contributed by atoms with Crippen LogP contribution in [0, 0.1) is 0 Å². The Bertz CT molecular complexity index is 4400. The van der Waals surface area contributed by atoms with E-state index < -0.39 is 0 Å². The molecule has 0 amide bonds. The SMILES string of the molecule is C1=Cc2ccc3c(c2C1)Cc1ccccc1-3.c1ccc2c(c1)Cc1c-2ccc2c1CCC2.c1ccc2c(c1)Cc1cc3c(cc1-2)CCC3.c1ccc2c(c1)Cc1ccc3c(c1-2)-c1ccccc1C3.c1ccc2c(c1)Cc1ccc3c(c1-2)CCC3. The summed E-state index contributed by atoms with van der Waals surface area (Å²) in [4.78, 5) is 0. The standard InChI is InChI=1S/C20H14.3C16H14.C16H12/c1-3-7-17-13(5-1)11-15-9-10-16-12-14-6-2-4-8-18(14)20(16)19(15)17;1-2-7-15-13(4-1)9-14-8-11-5-3-6-12(11)10-16(14)15;1-2-6-15-12(4-1)10-13-9-8-11-5-3-7-14(11)16(13)15;2*1-2-6-14-12(4-1)10-16-13-7-3-5-11(13)8-9-15(14)16/h1-10H,11-12H2;1-2,4,7-8,10H,3,5-6,9H2;2*1-2,4,6,8-9H,3,5,7,10H2;1-6,8-9H,7,10H2. The molecule has 0 saturated heterocycles. The topological polar surface area (TPSA) is 0 Å². The molecule has 11 aromatic rings. The highest BCUT2D eigenvalue weighted by molar-refractivity contribution is 5.95. The summed E-state index contributed by atoms with van der Waals surface area (Å²) < 4.78 is 0. The maximum atomic E-state index is 2.46. The van der Waals surface area contributed by atoms with E-state index in [4.69, 9.17) is 0 Å². The smallest absolute Gasteiger partial charge is 0.00104 e. The summed E-state index contributed by atoms with van der Waals surface area (Å²) in [6.07, 6.45) is 24.1. The second kappa shape index (κ2) is 20.5. The van der Waals surface area contributed by atoms with Crippen molar-refractivity contribution in [3.8, 4) is 66.8 Å². The summed E-state index contributed by atoms with van der Waals surface area (Å²) in [5.41, 5.74) is 48.6. The Labute approximate surface area is 496 Å². The van der Waals surface area contributed by atoms with Gasteiger partial charge < -0.3 is 0 Å². The lowest BCUT2D eigenvalue weighted by molar-refractivity contribution is 0.908. The summed E-state index contributed by atoms with van der Waals surface area (Å²) >= 11 is 0. The Morgan fingerprint density at radius 2 is 0.583 bits per heavy atom. The Morgan fingerprint density at radius 1 is 0.202 bits per heavy atom. The van der Waals surface area contributed by atoms with Crippen LogP contribution in [-0.4, -0.2) is 0 Å². The van der Waals surface area contributed by atoms with Gasteiger partial charge in [-0.25, -0.2) is 0 Å². The highest BCUT2D eigenvalue weighted by Gasteiger charge is 2.30. The van der Waals surface area contributed by atoms with Gasteiger partial charge in [0.15, 0.2) is 0 Å². The van der Waals surface area contributed by atoms with Gasteiger partial charge in [-0.1, -0.05) is 218 Å². The molecule has 0 radical (unpaired) electrons. The molecule has 0 nitrogen and oxygen atoms in total. The van der Waals surface area contributed by atoms with E-state index >= 15 is 0 Å². The van der Waals surface area contributed by atoms with Gasteiger partial charge in [0.1, 0.15) is 0 Å². The fraction of sp³-hybridized carbons (Fsp3) is 0.190. The van der Waals surface area contributed by atoms with E-state index in [0.717, 1.165) is 44.9 Å². The monoisotopic (exact) mass is 1080 g/mol. The largest absolute Gasteiger partial charge is 0.0795 e. The van der Waals surface area contributed by atoms with Gasteiger partial charge in [-0.2, -0.15) is 0 Å². The van der Waals surface area contributed by atoms with Crippen LogP contribution in [0.25, 0.3) is 72.8 Å². The molecule has 0 heterocycles. The third-order valence-electron chi connectivity index (χ3n) is 20.6. The van der Waals surface area contributed by atoms with E-state index in [1.807, 2.05) is 0 Å². The molecule has 0 heteroatoms. The number of hydrogen-bond acceptors (Lipinski definition) is 0. The summed E-state index contributed by atoms with van der Waals surface area (Å²) in [6, 6.07) is 76.6. The van der Waals surface area contributed by atoms with Crippen LogP contribution in [0.2, 0.25) is 0 Å². The van der Waals surface area contributed by atoms with E-state index in [1.54, 1.807) is 66.8 Å². The van der Waals surface area contributed by atoms with Gasteiger partial charge in [0.2, 0.25) is 0 Å². The van der Waals surface area contributed by atoms with Gasteiger partial charge in [0.25, 0.3) is 0 Å². The van der Waals surface area contributed by atoms with Crippen LogP contribution < -0.4 is 0 Å². The molecule has 404 valence electrons. The molecule has 0 unspecified atom stereocenters. The minimum absolute atomic E-state index is 1.08. The van der Waals surface area contributed by atoms with Crippen LogP contribution in [0.4, 0.5) is 0 Å². The highest BCUT2D eigenvalue weighted by Crippen LogP contribution is 2.50. The van der Waals surface area contributed by atoms with Gasteiger partial charge in [0, 0.05) is 0 Å². The number of allylic oxidation sites excluding steroid dienone is 1. The maximum Gasteiger partial charge on any atom is -0.00104 e. The molecule has 0 saturated carbocycles. The van der Waals surface area contributed by atoms with Gasteiger partial charge in [-0.15, -0.1) is 0 Å². The lowest BCUT2D eigenvalue weighted by Gasteiger charge is -2.10. The minimum atomic E-state index is 1.08. The molecule has 0 aromatic heterocycles. The van der Waals surface area contributed by atoms with Crippen molar-refractivity contribution in [2.45, 2.75) is 103 Å². The van der Waals surface area contributed by atoms with Crippen molar-refractivity contribution in [2.75, 3.05) is 0 Å². The van der Waals surface area contributed by atoms with Crippen LogP contribution >= 0.6 is 0 Å². The summed E-state index contributed by atoms with van der Waals surface area (Å²) in [7, 11) is 0. The Hall–Kier alpha value is -8.84. The molecule has 84 heavy (non-hydrogen) atoms. The first kappa shape index (κ1) is 49.7. The van der Waals surface area contributed by atoms with Crippen molar-refractivity contribution in [3.63, 3.8) is 0 Å². The molecular formula is C84H68. The highest BCUT2D eigenvalue weighted by atomic mass is 14.3. The van der Waals surface area contributed by atoms with Gasteiger partial charge in [0.05, 0.1) is 0 Å². The first-order valence-corrected chi connectivity index (χ1v) is 31.5. The molecule has 10 aliphatic rings. The van der Waals surface area contributed by atoms with Crippen molar-refractivity contribution >= 4 is 6.08 Å². The molecular weight excluding hydrogens is 1010 g/mol. The average molecular weight is 1080 g/mol. The molecule has 0 fully saturated rings. The van der Waals surface area contributed by atoms with Crippen molar-refractivity contribution in [1.82, 2.24) is 0 Å². The van der Waals surface area contributed by atoms with Crippen molar-refractivity contribution in [1.29, 1.82) is 0 Å². The van der Waals surface area contributed by atoms with Crippen LogP contribution in [0.15, 0.2) is 212 Å². The predicted molar refractivity (Wildman–Crippen MR) is 350 cm³/mol. The lowest BCUT2D eigenvalue weighted by atomic mass is 9.94. The zero-order valence-electron chi connectivity index (χ0n) is 48.1. The number of benzene rings is 11. The molecule has 21 rings (SSSR count). The van der Waals surface area contributed by atoms with Gasteiger partial charge in [-0.3, -0.25) is 0 Å². The zero-order chi connectivity index (χ0) is 55.2. The van der Waals surface area contributed by atoms with Crippen LogP contribution in [0.5, 0.6) is 0 Å². The second-order valence-corrected chi connectivity index (χ2v) is 25.2. The van der Waals surface area contributed by atoms with Crippen molar-refractivity contribution in [2.24, 2.45) is 0 Å². The third-order valence-corrected chi connectivity index (χ3v) is 20.6. The van der Waals surface area contributed by atoms with Gasteiger partial charge in [-0.05, 0) is 281 Å². The normalized spacial score (nSPS) is 15.0. The molecule has 0 aliphatic heterocycles. The minimum Gasteiger partial charge on any atom is -0.0795 e. The Morgan fingerprint density at radius 3 is 1.17 bits per heavy atom. The van der Waals surface area contributed by atoms with E-state index in [0.29, 0.717) is 0 Å². The van der Waals surface area contributed by atoms with Gasteiger partial charge >= 0.3 is 0 Å². The zero-order valence-corrected chi connectivity index (χ0v) is 48.1. The van der Waals surface area contributed by atoms with Crippen LogP contribution in [0.3, 0.4) is 0 Å². The molecule has 0 spiro atoms. The van der Waals surface area contributed by atoms with Crippen molar-refractivity contribution < 1.29 is 0 Å². The molecule has 11 aromatic carbocycles. The molecule has 0 N–H and O–H groups in total. The maximum absolute atomic E-state index is 2.46. The van der Waals surface area contributed by atoms with E-state index in [1.165, 1.54) is 169 Å². The number of rotatable bonds is 0. The Balaban J connectivity index is 0.0000000829. The second-order valence-electron chi connectivity index (χ2n) is 25.2. The predicted octanol–water partition coefficient (Wildman–Crippen LogP) is 19.9. The quantitative estimate of drug-likeness (QED) is 0.142. The van der Waals surface area contributed by atoms with E-state index in [2.05, 4.69) is 218 Å². The third kappa shape index (κ3) is 8.38. The lowest BCUT2D eigenvalue weighted by Crippen LogP contribution is -1.91. The molecule has 0 atom stereocenters. The molecule has 10 aliphatic carbocycles. The first-order chi connectivity index (χ1) is 41.6. The fourth-order valence-corrected chi connectivity index (χ4v) is 16.7. The number of fused-ring (bicyclic) bond motifs is 26.